The summed E-state index contributed by atoms with van der Waals surface area (Å²) in [6.07, 6.45) is 4.15. The first-order valence-electron chi connectivity index (χ1n) is 10.4. The number of fused-ring (bicyclic) bond motifs is 4. The first kappa shape index (κ1) is 18.6. The van der Waals surface area contributed by atoms with Gasteiger partial charge in [0.05, 0.1) is 24.1 Å². The third-order valence-electron chi connectivity index (χ3n) is 5.55. The van der Waals surface area contributed by atoms with E-state index in [1.807, 2.05) is 55.5 Å². The molecule has 1 aliphatic rings. The van der Waals surface area contributed by atoms with Crippen LogP contribution in [0.25, 0.3) is 33.8 Å². The summed E-state index contributed by atoms with van der Waals surface area (Å²) in [6.45, 7) is 3.25. The van der Waals surface area contributed by atoms with Crippen molar-refractivity contribution in [2.24, 2.45) is 0 Å². The van der Waals surface area contributed by atoms with E-state index >= 15 is 0 Å². The number of nitrogens with zero attached hydrogens (tertiary/aromatic N) is 5. The minimum atomic E-state index is -0.159. The molecule has 0 amide bonds. The predicted molar refractivity (Wildman–Crippen MR) is 120 cm³/mol. The molecule has 1 aliphatic heterocycles. The maximum absolute atomic E-state index is 13.2. The van der Waals surface area contributed by atoms with Crippen LogP contribution in [0.1, 0.15) is 12.0 Å². The fourth-order valence-electron chi connectivity index (χ4n) is 3.85. The first-order chi connectivity index (χ1) is 15.7. The third-order valence-corrected chi connectivity index (χ3v) is 5.55. The van der Waals surface area contributed by atoms with Crippen molar-refractivity contribution < 1.29 is 9.47 Å². The summed E-state index contributed by atoms with van der Waals surface area (Å²) in [5.41, 5.74) is 3.22. The van der Waals surface area contributed by atoms with Crippen molar-refractivity contribution in [3.63, 3.8) is 0 Å². The Balaban J connectivity index is 1.47. The molecule has 4 heterocycles. The average molecular weight is 425 g/mol. The van der Waals surface area contributed by atoms with Crippen LogP contribution < -0.4 is 15.0 Å². The molecule has 0 unspecified atom stereocenters. The van der Waals surface area contributed by atoms with Crippen LogP contribution in [-0.2, 0) is 0 Å². The molecule has 0 N–H and O–H groups in total. The van der Waals surface area contributed by atoms with E-state index in [2.05, 4.69) is 15.1 Å². The largest absolute Gasteiger partial charge is 0.490 e. The van der Waals surface area contributed by atoms with Gasteiger partial charge >= 0.3 is 0 Å². The monoisotopic (exact) mass is 425 g/mol. The Hall–Kier alpha value is -4.20. The molecule has 2 aromatic carbocycles. The number of hydrogen-bond donors (Lipinski definition) is 0. The van der Waals surface area contributed by atoms with Gasteiger partial charge in [0.25, 0.3) is 11.3 Å². The Kier molecular flexibility index (Phi) is 4.17. The second-order valence-corrected chi connectivity index (χ2v) is 7.74. The molecule has 0 bridgehead atoms. The van der Waals surface area contributed by atoms with Gasteiger partial charge in [0, 0.05) is 30.1 Å². The lowest BCUT2D eigenvalue weighted by molar-refractivity contribution is 0.297. The molecule has 32 heavy (non-hydrogen) atoms. The molecule has 8 nitrogen and oxygen atoms in total. The van der Waals surface area contributed by atoms with Gasteiger partial charge in [-0.25, -0.2) is 4.98 Å². The van der Waals surface area contributed by atoms with Gasteiger partial charge in [0.2, 0.25) is 0 Å². The van der Waals surface area contributed by atoms with Crippen LogP contribution in [0.15, 0.2) is 65.7 Å². The van der Waals surface area contributed by atoms with E-state index in [-0.39, 0.29) is 5.56 Å². The fourth-order valence-corrected chi connectivity index (χ4v) is 3.85. The Morgan fingerprint density at radius 3 is 2.62 bits per heavy atom. The van der Waals surface area contributed by atoms with Crippen LogP contribution in [0, 0.1) is 6.92 Å². The highest BCUT2D eigenvalue weighted by Crippen LogP contribution is 2.33. The van der Waals surface area contributed by atoms with Crippen molar-refractivity contribution in [3.05, 3.63) is 76.8 Å². The number of benzene rings is 2. The Morgan fingerprint density at radius 1 is 0.969 bits per heavy atom. The first-order valence-corrected chi connectivity index (χ1v) is 10.4. The van der Waals surface area contributed by atoms with Crippen LogP contribution in [0.3, 0.4) is 0 Å². The van der Waals surface area contributed by atoms with Crippen LogP contribution >= 0.6 is 0 Å². The minimum absolute atomic E-state index is 0.159. The fraction of sp³-hybridized carbons (Fsp3) is 0.167. The molecule has 0 atom stereocenters. The minimum Gasteiger partial charge on any atom is -0.490 e. The molecule has 5 aromatic rings. The zero-order chi connectivity index (χ0) is 21.7. The molecule has 8 heteroatoms. The maximum Gasteiger partial charge on any atom is 0.266 e. The number of aromatic nitrogens is 5. The standard InChI is InChI=1S/C24H19N5O3/c1-15-3-6-17(7-4-15)28-10-9-19-18(23(28)30)14-25-24-26-22(27-29(19)24)16-5-8-20-21(13-16)32-12-2-11-31-20/h3-10,13-14H,2,11-12H2,1H3. The van der Waals surface area contributed by atoms with Gasteiger partial charge in [-0.1, -0.05) is 17.7 Å². The second kappa shape index (κ2) is 7.19. The van der Waals surface area contributed by atoms with Crippen molar-refractivity contribution in [3.8, 4) is 28.6 Å². The SMILES string of the molecule is Cc1ccc(-n2ccc3c(cnc4nc(-c5ccc6c(c5)OCCCO6)nn43)c2=O)cc1. The highest BCUT2D eigenvalue weighted by molar-refractivity contribution is 5.79. The summed E-state index contributed by atoms with van der Waals surface area (Å²) < 4.78 is 14.7. The van der Waals surface area contributed by atoms with Crippen LogP contribution in [-0.4, -0.2) is 37.4 Å². The smallest absolute Gasteiger partial charge is 0.266 e. The van der Waals surface area contributed by atoms with E-state index < -0.39 is 0 Å². The summed E-state index contributed by atoms with van der Waals surface area (Å²) >= 11 is 0. The zero-order valence-electron chi connectivity index (χ0n) is 17.4. The number of aryl methyl sites for hydroxylation is 1. The molecule has 0 radical (unpaired) electrons. The highest BCUT2D eigenvalue weighted by atomic mass is 16.5. The zero-order valence-corrected chi connectivity index (χ0v) is 17.4. The van der Waals surface area contributed by atoms with E-state index in [4.69, 9.17) is 9.47 Å². The molecule has 6 rings (SSSR count). The lowest BCUT2D eigenvalue weighted by Gasteiger charge is -2.08. The summed E-state index contributed by atoms with van der Waals surface area (Å²) in [7, 11) is 0. The van der Waals surface area contributed by atoms with Gasteiger partial charge in [-0.3, -0.25) is 9.36 Å². The lowest BCUT2D eigenvalue weighted by Crippen LogP contribution is -2.18. The van der Waals surface area contributed by atoms with Crippen LogP contribution in [0.2, 0.25) is 0 Å². The molecular formula is C24H19N5O3. The Morgan fingerprint density at radius 2 is 1.78 bits per heavy atom. The van der Waals surface area contributed by atoms with Gasteiger partial charge in [0.15, 0.2) is 17.3 Å². The van der Waals surface area contributed by atoms with Gasteiger partial charge in [-0.15, -0.1) is 5.10 Å². The summed E-state index contributed by atoms with van der Waals surface area (Å²) in [5.74, 6) is 2.32. The molecular weight excluding hydrogens is 406 g/mol. The van der Waals surface area contributed by atoms with Gasteiger partial charge in [0.1, 0.15) is 0 Å². The predicted octanol–water partition coefficient (Wildman–Crippen LogP) is 3.57. The van der Waals surface area contributed by atoms with Crippen LogP contribution in [0.4, 0.5) is 0 Å². The summed E-state index contributed by atoms with van der Waals surface area (Å²) in [6, 6.07) is 15.3. The summed E-state index contributed by atoms with van der Waals surface area (Å²) in [5, 5.41) is 5.11. The molecule has 0 saturated heterocycles. The number of pyridine rings is 1. The number of ether oxygens (including phenoxy) is 2. The van der Waals surface area contributed by atoms with E-state index in [0.717, 1.165) is 29.0 Å². The van der Waals surface area contributed by atoms with Gasteiger partial charge in [-0.2, -0.15) is 9.50 Å². The highest BCUT2D eigenvalue weighted by Gasteiger charge is 2.16. The van der Waals surface area contributed by atoms with Gasteiger partial charge in [-0.05, 0) is 43.3 Å². The number of hydrogen-bond acceptors (Lipinski definition) is 6. The van der Waals surface area contributed by atoms with E-state index in [0.29, 0.717) is 41.5 Å². The third kappa shape index (κ3) is 2.99. The second-order valence-electron chi connectivity index (χ2n) is 7.74. The van der Waals surface area contributed by atoms with Crippen molar-refractivity contribution in [2.75, 3.05) is 13.2 Å². The van der Waals surface area contributed by atoms with E-state index in [1.54, 1.807) is 21.5 Å². The lowest BCUT2D eigenvalue weighted by atomic mass is 10.2. The number of rotatable bonds is 2. The van der Waals surface area contributed by atoms with Crippen molar-refractivity contribution in [1.29, 1.82) is 0 Å². The molecule has 0 fully saturated rings. The molecule has 3 aromatic heterocycles. The van der Waals surface area contributed by atoms with Gasteiger partial charge < -0.3 is 9.47 Å². The molecule has 0 spiro atoms. The van der Waals surface area contributed by atoms with Crippen molar-refractivity contribution in [1.82, 2.24) is 24.1 Å². The van der Waals surface area contributed by atoms with Crippen LogP contribution in [0.5, 0.6) is 11.5 Å². The van der Waals surface area contributed by atoms with E-state index in [1.165, 1.54) is 0 Å². The topological polar surface area (TPSA) is 83.5 Å². The quantitative estimate of drug-likeness (QED) is 0.430. The average Bonchev–Trinajstić information content (AvgIpc) is 3.12. The van der Waals surface area contributed by atoms with E-state index in [9.17, 15) is 4.79 Å². The van der Waals surface area contributed by atoms with Crippen molar-refractivity contribution in [2.45, 2.75) is 13.3 Å². The molecule has 158 valence electrons. The Labute approximate surface area is 182 Å². The maximum atomic E-state index is 13.2. The summed E-state index contributed by atoms with van der Waals surface area (Å²) in [4.78, 5) is 22.1. The van der Waals surface area contributed by atoms with Crippen molar-refractivity contribution >= 4 is 16.7 Å². The molecule has 0 saturated carbocycles. The molecule has 0 aliphatic carbocycles. The normalized spacial score (nSPS) is 13.4. The Bertz CT molecular complexity index is 1540.